The summed E-state index contributed by atoms with van der Waals surface area (Å²) in [7, 11) is -4.10. The number of piperazine rings is 1. The number of rotatable bonds is 7. The second-order valence-corrected chi connectivity index (χ2v) is 12.1. The van der Waals surface area contributed by atoms with E-state index in [0.29, 0.717) is 36.8 Å². The lowest BCUT2D eigenvalue weighted by molar-refractivity contribution is 0.209. The van der Waals surface area contributed by atoms with Gasteiger partial charge in [0.2, 0.25) is 26.6 Å². The van der Waals surface area contributed by atoms with Crippen LogP contribution in [0.15, 0.2) is 124 Å². The third-order valence-electron chi connectivity index (χ3n) is 7.25. The monoisotopic (exact) mass is 587 g/mol. The molecule has 1 saturated heterocycles. The standard InChI is InChI=1S/C32H27ClFN3O3S/c33-26-13-11-25(12-14-26)30-35-31(41(38,39)28-17-15-27(34)16-18-28)32(40-30)37-21-19-36(20-22-37)29(23-7-3-1-4-8-23)24-9-5-2-6-10-24/h1-18,29H,19-22H2. The quantitative estimate of drug-likeness (QED) is 0.193. The molecule has 41 heavy (non-hydrogen) atoms. The number of hydrogen-bond acceptors (Lipinski definition) is 6. The SMILES string of the molecule is O=S(=O)(c1ccc(F)cc1)c1nc(-c2ccc(Cl)cc2)oc1N1CCN(C(c2ccccc2)c2ccccc2)CC1. The second kappa shape index (κ2) is 11.5. The Labute approximate surface area is 243 Å². The molecule has 2 heterocycles. The van der Waals surface area contributed by atoms with Gasteiger partial charge in [-0.15, -0.1) is 0 Å². The fraction of sp³-hybridized carbons (Fsp3) is 0.156. The van der Waals surface area contributed by atoms with E-state index in [4.69, 9.17) is 16.0 Å². The largest absolute Gasteiger partial charge is 0.419 e. The molecule has 0 N–H and O–H groups in total. The number of sulfone groups is 1. The molecule has 1 aliphatic rings. The molecular formula is C32H27ClFN3O3S. The zero-order chi connectivity index (χ0) is 28.4. The van der Waals surface area contributed by atoms with E-state index in [2.05, 4.69) is 34.1 Å². The van der Waals surface area contributed by atoms with E-state index >= 15 is 0 Å². The maximum Gasteiger partial charge on any atom is 0.236 e. The highest BCUT2D eigenvalue weighted by molar-refractivity contribution is 7.91. The van der Waals surface area contributed by atoms with E-state index in [9.17, 15) is 12.8 Å². The van der Waals surface area contributed by atoms with Gasteiger partial charge in [-0.3, -0.25) is 4.90 Å². The van der Waals surface area contributed by atoms with Crippen LogP contribution in [0.1, 0.15) is 17.2 Å². The number of anilines is 1. The van der Waals surface area contributed by atoms with Gasteiger partial charge in [0.25, 0.3) is 0 Å². The summed E-state index contributed by atoms with van der Waals surface area (Å²) in [6.45, 7) is 2.39. The number of halogens is 2. The first-order chi connectivity index (χ1) is 19.9. The normalized spacial score (nSPS) is 14.5. The minimum atomic E-state index is -4.10. The molecule has 1 aliphatic heterocycles. The first-order valence-corrected chi connectivity index (χ1v) is 15.1. The summed E-state index contributed by atoms with van der Waals surface area (Å²) < 4.78 is 47.3. The topological polar surface area (TPSA) is 66.7 Å². The molecule has 0 radical (unpaired) electrons. The smallest absolute Gasteiger partial charge is 0.236 e. The molecule has 0 amide bonds. The van der Waals surface area contributed by atoms with Crippen molar-refractivity contribution in [2.45, 2.75) is 16.0 Å². The predicted octanol–water partition coefficient (Wildman–Crippen LogP) is 6.88. The molecule has 9 heteroatoms. The molecule has 0 saturated carbocycles. The Balaban J connectivity index is 1.34. The van der Waals surface area contributed by atoms with Crippen LogP contribution in [-0.2, 0) is 9.84 Å². The summed E-state index contributed by atoms with van der Waals surface area (Å²) in [5.74, 6) is -0.171. The van der Waals surface area contributed by atoms with Crippen LogP contribution < -0.4 is 4.90 Å². The van der Waals surface area contributed by atoms with Crippen LogP contribution in [0.4, 0.5) is 10.3 Å². The highest BCUT2D eigenvalue weighted by Gasteiger charge is 2.34. The molecule has 6 rings (SSSR count). The third-order valence-corrected chi connectivity index (χ3v) is 9.17. The Morgan fingerprint density at radius 2 is 1.32 bits per heavy atom. The average molecular weight is 588 g/mol. The molecule has 0 atom stereocenters. The van der Waals surface area contributed by atoms with E-state index in [-0.39, 0.29) is 27.7 Å². The fourth-order valence-corrected chi connectivity index (χ4v) is 6.63. The molecule has 1 fully saturated rings. The van der Waals surface area contributed by atoms with Crippen LogP contribution in [-0.4, -0.2) is 44.5 Å². The molecule has 6 nitrogen and oxygen atoms in total. The molecule has 0 aliphatic carbocycles. The second-order valence-electron chi connectivity index (χ2n) is 9.84. The van der Waals surface area contributed by atoms with Gasteiger partial charge in [-0.1, -0.05) is 72.3 Å². The van der Waals surface area contributed by atoms with Crippen molar-refractivity contribution in [3.8, 4) is 11.5 Å². The van der Waals surface area contributed by atoms with Crippen LogP contribution in [0.3, 0.4) is 0 Å². The van der Waals surface area contributed by atoms with Gasteiger partial charge in [0, 0.05) is 36.8 Å². The highest BCUT2D eigenvalue weighted by atomic mass is 35.5. The predicted molar refractivity (Wildman–Crippen MR) is 157 cm³/mol. The summed E-state index contributed by atoms with van der Waals surface area (Å²) in [4.78, 5) is 8.72. The molecule has 0 bridgehead atoms. The third kappa shape index (κ3) is 5.63. The molecule has 208 valence electrons. The number of oxazole rings is 1. The van der Waals surface area contributed by atoms with Gasteiger partial charge in [0.05, 0.1) is 10.9 Å². The van der Waals surface area contributed by atoms with Gasteiger partial charge in [0.1, 0.15) is 5.82 Å². The van der Waals surface area contributed by atoms with Crippen LogP contribution in [0.25, 0.3) is 11.5 Å². The Bertz CT molecular complexity index is 1680. The van der Waals surface area contributed by atoms with Crippen molar-refractivity contribution in [1.82, 2.24) is 9.88 Å². The molecule has 1 aromatic heterocycles. The van der Waals surface area contributed by atoms with Gasteiger partial charge >= 0.3 is 0 Å². The molecular weight excluding hydrogens is 561 g/mol. The molecule has 0 spiro atoms. The van der Waals surface area contributed by atoms with E-state index < -0.39 is 15.7 Å². The summed E-state index contributed by atoms with van der Waals surface area (Å²) in [5.41, 5.74) is 2.98. The highest BCUT2D eigenvalue weighted by Crippen LogP contribution is 2.37. The Kier molecular flexibility index (Phi) is 7.62. The summed E-state index contributed by atoms with van der Waals surface area (Å²) >= 11 is 6.06. The lowest BCUT2D eigenvalue weighted by Crippen LogP contribution is -2.48. The number of aromatic nitrogens is 1. The van der Waals surface area contributed by atoms with E-state index in [0.717, 1.165) is 12.1 Å². The van der Waals surface area contributed by atoms with Gasteiger partial charge in [-0.25, -0.2) is 12.8 Å². The number of hydrogen-bond donors (Lipinski definition) is 0. The molecule has 0 unspecified atom stereocenters. The van der Waals surface area contributed by atoms with Crippen molar-refractivity contribution in [1.29, 1.82) is 0 Å². The first-order valence-electron chi connectivity index (χ1n) is 13.3. The van der Waals surface area contributed by atoms with Gasteiger partial charge in [0.15, 0.2) is 0 Å². The van der Waals surface area contributed by atoms with E-state index in [1.165, 1.54) is 23.3 Å². The lowest BCUT2D eigenvalue weighted by Gasteiger charge is -2.39. The zero-order valence-corrected chi connectivity index (χ0v) is 23.6. The minimum absolute atomic E-state index is 0.0528. The van der Waals surface area contributed by atoms with Crippen molar-refractivity contribution in [2.24, 2.45) is 0 Å². The van der Waals surface area contributed by atoms with Crippen LogP contribution in [0.2, 0.25) is 5.02 Å². The van der Waals surface area contributed by atoms with Gasteiger partial charge < -0.3 is 9.32 Å². The van der Waals surface area contributed by atoms with Crippen molar-refractivity contribution in [2.75, 3.05) is 31.1 Å². The van der Waals surface area contributed by atoms with E-state index in [1.807, 2.05) is 41.3 Å². The lowest BCUT2D eigenvalue weighted by atomic mass is 9.96. The zero-order valence-electron chi connectivity index (χ0n) is 22.0. The van der Waals surface area contributed by atoms with Crippen LogP contribution in [0, 0.1) is 5.82 Å². The summed E-state index contributed by atoms with van der Waals surface area (Å²) in [5, 5.41) is 0.354. The summed E-state index contributed by atoms with van der Waals surface area (Å²) in [6, 6.07) is 32.4. The minimum Gasteiger partial charge on any atom is -0.419 e. The maximum atomic E-state index is 13.7. The molecule has 4 aromatic carbocycles. The number of benzene rings is 4. The maximum absolute atomic E-state index is 13.7. The summed E-state index contributed by atoms with van der Waals surface area (Å²) in [6.07, 6.45) is 0. The Morgan fingerprint density at radius 3 is 1.88 bits per heavy atom. The van der Waals surface area contributed by atoms with Crippen molar-refractivity contribution < 1.29 is 17.2 Å². The van der Waals surface area contributed by atoms with Crippen LogP contribution in [0.5, 0.6) is 0 Å². The van der Waals surface area contributed by atoms with Gasteiger partial charge in [-0.05, 0) is 59.7 Å². The Morgan fingerprint density at radius 1 is 0.756 bits per heavy atom. The number of nitrogens with zero attached hydrogens (tertiary/aromatic N) is 3. The first kappa shape index (κ1) is 27.2. The molecule has 5 aromatic rings. The van der Waals surface area contributed by atoms with Crippen molar-refractivity contribution >= 4 is 27.3 Å². The average Bonchev–Trinajstić information content (AvgIpc) is 3.46. The van der Waals surface area contributed by atoms with Crippen molar-refractivity contribution in [3.05, 3.63) is 131 Å². The van der Waals surface area contributed by atoms with Crippen molar-refractivity contribution in [3.63, 3.8) is 0 Å². The fourth-order valence-electron chi connectivity index (χ4n) is 5.18. The van der Waals surface area contributed by atoms with Gasteiger partial charge in [-0.2, -0.15) is 4.98 Å². The van der Waals surface area contributed by atoms with E-state index in [1.54, 1.807) is 24.3 Å². The van der Waals surface area contributed by atoms with Crippen LogP contribution >= 0.6 is 11.6 Å². The Hall–Kier alpha value is -3.98.